The molecule has 1 rings (SSSR count). The van der Waals surface area contributed by atoms with Crippen LogP contribution in [0.15, 0.2) is 24.3 Å². The quantitative estimate of drug-likeness (QED) is 0.652. The summed E-state index contributed by atoms with van der Waals surface area (Å²) in [7, 11) is 0. The van der Waals surface area contributed by atoms with Gasteiger partial charge in [0.25, 0.3) is 5.79 Å². The molecular weight excluding hydrogens is 227 g/mol. The molecule has 0 spiro atoms. The number of hydrogen-bond acceptors (Lipinski definition) is 3. The molecule has 88 valence electrons. The van der Waals surface area contributed by atoms with Crippen molar-refractivity contribution in [3.05, 3.63) is 35.4 Å². The molecule has 0 saturated carbocycles. The van der Waals surface area contributed by atoms with Crippen molar-refractivity contribution in [3.63, 3.8) is 0 Å². The maximum absolute atomic E-state index is 12.2. The molecule has 0 radical (unpaired) electrons. The van der Waals surface area contributed by atoms with E-state index in [4.69, 9.17) is 15.9 Å². The molecule has 0 aromatic heterocycles. The van der Waals surface area contributed by atoms with Crippen LogP contribution >= 0.6 is 0 Å². The summed E-state index contributed by atoms with van der Waals surface area (Å²) in [6.45, 7) is 0. The second kappa shape index (κ2) is 3.76. The topological polar surface area (TPSA) is 83.6 Å². The zero-order valence-electron chi connectivity index (χ0n) is 7.82. The molecule has 0 heterocycles. The lowest BCUT2D eigenvalue weighted by atomic mass is 10.0. The molecule has 0 saturated heterocycles. The van der Waals surface area contributed by atoms with Crippen molar-refractivity contribution < 1.29 is 28.2 Å². The second-order valence-electron chi connectivity index (χ2n) is 3.12. The Balaban J connectivity index is 3.24. The van der Waals surface area contributed by atoms with Crippen LogP contribution in [0.5, 0.6) is 0 Å². The van der Waals surface area contributed by atoms with E-state index in [1.165, 1.54) is 0 Å². The first-order valence-electron chi connectivity index (χ1n) is 4.08. The monoisotopic (exact) mass is 235 g/mol. The number of halogens is 3. The summed E-state index contributed by atoms with van der Waals surface area (Å²) >= 11 is 0. The average Bonchev–Trinajstić information content (AvgIpc) is 2.16. The van der Waals surface area contributed by atoms with Crippen LogP contribution in [0.4, 0.5) is 13.2 Å². The van der Waals surface area contributed by atoms with E-state index in [0.717, 1.165) is 18.2 Å². The third-order valence-corrected chi connectivity index (χ3v) is 1.94. The molecule has 0 bridgehead atoms. The molecule has 4 N–H and O–H groups in total. The summed E-state index contributed by atoms with van der Waals surface area (Å²) in [5, 5.41) is 17.8. The molecule has 7 heteroatoms. The van der Waals surface area contributed by atoms with Gasteiger partial charge < -0.3 is 15.9 Å². The van der Waals surface area contributed by atoms with Gasteiger partial charge in [-0.1, -0.05) is 12.1 Å². The smallest absolute Gasteiger partial charge is 0.366 e. The van der Waals surface area contributed by atoms with E-state index in [1.807, 2.05) is 0 Å². The third-order valence-electron chi connectivity index (χ3n) is 1.94. The molecule has 1 aromatic carbocycles. The number of carbonyl (C=O) groups is 1. The molecule has 1 amide bonds. The molecule has 0 atom stereocenters. The molecular formula is C9H8F3NO3. The van der Waals surface area contributed by atoms with Gasteiger partial charge in [0.05, 0.1) is 0 Å². The van der Waals surface area contributed by atoms with Gasteiger partial charge in [-0.3, -0.25) is 4.79 Å². The summed E-state index contributed by atoms with van der Waals surface area (Å²) in [5.41, 5.74) is 3.75. The van der Waals surface area contributed by atoms with Gasteiger partial charge in [0, 0.05) is 11.1 Å². The van der Waals surface area contributed by atoms with Gasteiger partial charge in [-0.15, -0.1) is 0 Å². The minimum atomic E-state index is -5.26. The van der Waals surface area contributed by atoms with Crippen LogP contribution in [0.25, 0.3) is 0 Å². The average molecular weight is 235 g/mol. The number of benzene rings is 1. The number of rotatable bonds is 2. The fourth-order valence-electron chi connectivity index (χ4n) is 1.05. The Morgan fingerprint density at radius 1 is 1.25 bits per heavy atom. The van der Waals surface area contributed by atoms with E-state index in [9.17, 15) is 18.0 Å². The Bertz CT molecular complexity index is 415. The van der Waals surface area contributed by atoms with Crippen LogP contribution in [-0.4, -0.2) is 22.3 Å². The second-order valence-corrected chi connectivity index (χ2v) is 3.12. The highest BCUT2D eigenvalue weighted by atomic mass is 19.4. The molecule has 0 aliphatic carbocycles. The van der Waals surface area contributed by atoms with Crippen molar-refractivity contribution >= 4 is 5.91 Å². The number of aliphatic hydroxyl groups is 2. The van der Waals surface area contributed by atoms with Gasteiger partial charge >= 0.3 is 6.18 Å². The number of alkyl halides is 3. The number of primary amides is 1. The van der Waals surface area contributed by atoms with E-state index in [2.05, 4.69) is 0 Å². The predicted molar refractivity (Wildman–Crippen MR) is 47.1 cm³/mol. The zero-order chi connectivity index (χ0) is 12.6. The summed E-state index contributed by atoms with van der Waals surface area (Å²) < 4.78 is 36.7. The van der Waals surface area contributed by atoms with Crippen molar-refractivity contribution in [2.75, 3.05) is 0 Å². The van der Waals surface area contributed by atoms with Gasteiger partial charge in [0.1, 0.15) is 0 Å². The Morgan fingerprint density at radius 2 is 1.81 bits per heavy atom. The number of nitrogens with two attached hydrogens (primary N) is 1. The summed E-state index contributed by atoms with van der Waals surface area (Å²) in [6.07, 6.45) is -5.26. The molecule has 0 aliphatic rings. The Hall–Kier alpha value is -1.60. The Kier molecular flexibility index (Phi) is 2.93. The molecule has 0 aliphatic heterocycles. The number of carbonyl (C=O) groups excluding carboxylic acids is 1. The van der Waals surface area contributed by atoms with Crippen molar-refractivity contribution in [2.45, 2.75) is 12.0 Å². The van der Waals surface area contributed by atoms with E-state index >= 15 is 0 Å². The summed E-state index contributed by atoms with van der Waals surface area (Å²) in [4.78, 5) is 10.7. The highest BCUT2D eigenvalue weighted by molar-refractivity contribution is 5.92. The maximum Gasteiger partial charge on any atom is 0.447 e. The summed E-state index contributed by atoms with van der Waals surface area (Å²) in [5.74, 6) is -4.96. The van der Waals surface area contributed by atoms with Crippen LogP contribution in [0, 0.1) is 0 Å². The minimum absolute atomic E-state index is 0.241. The predicted octanol–water partition coefficient (Wildman–Crippen LogP) is 0.485. The lowest BCUT2D eigenvalue weighted by molar-refractivity contribution is -0.358. The highest BCUT2D eigenvalue weighted by Gasteiger charge is 2.54. The van der Waals surface area contributed by atoms with Crippen LogP contribution in [-0.2, 0) is 5.79 Å². The van der Waals surface area contributed by atoms with Crippen molar-refractivity contribution in [2.24, 2.45) is 5.73 Å². The normalized spacial score (nSPS) is 12.6. The number of hydrogen-bond donors (Lipinski definition) is 3. The minimum Gasteiger partial charge on any atom is -0.366 e. The standard InChI is InChI=1S/C9H8F3NO3/c10-9(11,12)8(15,16)6-3-1-2-5(4-6)7(13)14/h1-4,15-16H,(H2,13,14). The van der Waals surface area contributed by atoms with Crippen molar-refractivity contribution in [1.82, 2.24) is 0 Å². The van der Waals surface area contributed by atoms with Gasteiger partial charge in [-0.05, 0) is 12.1 Å². The Morgan fingerprint density at radius 3 is 2.25 bits per heavy atom. The first kappa shape index (κ1) is 12.5. The summed E-state index contributed by atoms with van der Waals surface area (Å²) in [6, 6.07) is 3.75. The maximum atomic E-state index is 12.2. The van der Waals surface area contributed by atoms with E-state index < -0.39 is 23.4 Å². The molecule has 4 nitrogen and oxygen atoms in total. The molecule has 16 heavy (non-hydrogen) atoms. The zero-order valence-corrected chi connectivity index (χ0v) is 7.82. The van der Waals surface area contributed by atoms with E-state index in [-0.39, 0.29) is 5.56 Å². The van der Waals surface area contributed by atoms with Crippen LogP contribution in [0.2, 0.25) is 0 Å². The largest absolute Gasteiger partial charge is 0.447 e. The van der Waals surface area contributed by atoms with Crippen LogP contribution < -0.4 is 5.73 Å². The molecule has 0 unspecified atom stereocenters. The lowest BCUT2D eigenvalue weighted by Crippen LogP contribution is -2.42. The van der Waals surface area contributed by atoms with E-state index in [1.54, 1.807) is 0 Å². The van der Waals surface area contributed by atoms with Crippen molar-refractivity contribution in [1.29, 1.82) is 0 Å². The van der Waals surface area contributed by atoms with Gasteiger partial charge in [0.15, 0.2) is 0 Å². The van der Waals surface area contributed by atoms with Crippen molar-refractivity contribution in [3.8, 4) is 0 Å². The van der Waals surface area contributed by atoms with Crippen LogP contribution in [0.1, 0.15) is 15.9 Å². The number of amides is 1. The van der Waals surface area contributed by atoms with Crippen LogP contribution in [0.3, 0.4) is 0 Å². The molecule has 1 aromatic rings. The SMILES string of the molecule is NC(=O)c1cccc(C(O)(O)C(F)(F)F)c1. The fraction of sp³-hybridized carbons (Fsp3) is 0.222. The first-order valence-corrected chi connectivity index (χ1v) is 4.08. The van der Waals surface area contributed by atoms with Gasteiger partial charge in [-0.25, -0.2) is 0 Å². The third kappa shape index (κ3) is 2.15. The van der Waals surface area contributed by atoms with Gasteiger partial charge in [0.2, 0.25) is 5.91 Å². The lowest BCUT2D eigenvalue weighted by Gasteiger charge is -2.24. The van der Waals surface area contributed by atoms with Gasteiger partial charge in [-0.2, -0.15) is 13.2 Å². The van der Waals surface area contributed by atoms with E-state index in [0.29, 0.717) is 6.07 Å². The highest BCUT2D eigenvalue weighted by Crippen LogP contribution is 2.36. The fourth-order valence-corrected chi connectivity index (χ4v) is 1.05. The first-order chi connectivity index (χ1) is 7.16. The molecule has 0 fully saturated rings. The Labute approximate surface area is 88.1 Å².